The van der Waals surface area contributed by atoms with E-state index in [9.17, 15) is 9.59 Å². The van der Waals surface area contributed by atoms with E-state index in [0.717, 1.165) is 0 Å². The van der Waals surface area contributed by atoms with Crippen LogP contribution >= 0.6 is 15.9 Å². The predicted octanol–water partition coefficient (Wildman–Crippen LogP) is -0.00920. The van der Waals surface area contributed by atoms with Crippen molar-refractivity contribution in [2.45, 2.75) is 0 Å². The number of primary amides is 1. The Morgan fingerprint density at radius 2 is 2.33 bits per heavy atom. The van der Waals surface area contributed by atoms with Gasteiger partial charge in [-0.2, -0.15) is 0 Å². The SMILES string of the molecule is NC(=O)CONC(=O)c1cccnc1Br. The van der Waals surface area contributed by atoms with Gasteiger partial charge in [-0.05, 0) is 28.1 Å². The van der Waals surface area contributed by atoms with E-state index in [2.05, 4.69) is 31.2 Å². The van der Waals surface area contributed by atoms with Crippen LogP contribution in [0.5, 0.6) is 0 Å². The largest absolute Gasteiger partial charge is 0.368 e. The number of carbonyl (C=O) groups excluding carboxylic acids is 2. The predicted molar refractivity (Wildman–Crippen MR) is 54.5 cm³/mol. The van der Waals surface area contributed by atoms with Crippen LogP contribution in [0.1, 0.15) is 10.4 Å². The molecule has 1 heterocycles. The quantitative estimate of drug-likeness (QED) is 0.596. The van der Waals surface area contributed by atoms with Gasteiger partial charge in [-0.3, -0.25) is 14.4 Å². The molecule has 15 heavy (non-hydrogen) atoms. The first-order chi connectivity index (χ1) is 7.11. The van der Waals surface area contributed by atoms with Crippen LogP contribution in [0.15, 0.2) is 22.9 Å². The van der Waals surface area contributed by atoms with Gasteiger partial charge in [-0.1, -0.05) is 0 Å². The average molecular weight is 274 g/mol. The molecule has 0 radical (unpaired) electrons. The minimum atomic E-state index is -0.666. The number of hydrogen-bond acceptors (Lipinski definition) is 4. The molecule has 0 fully saturated rings. The standard InChI is InChI=1S/C8H8BrN3O3/c9-7-5(2-1-3-11-7)8(14)12-15-4-6(10)13/h1-3H,4H2,(H2,10,13)(H,12,14). The Labute approximate surface area is 93.9 Å². The molecule has 6 nitrogen and oxygen atoms in total. The van der Waals surface area contributed by atoms with Crippen LogP contribution in [0, 0.1) is 0 Å². The lowest BCUT2D eigenvalue weighted by Crippen LogP contribution is -2.29. The maximum absolute atomic E-state index is 11.4. The van der Waals surface area contributed by atoms with Gasteiger partial charge in [-0.15, -0.1) is 0 Å². The van der Waals surface area contributed by atoms with Crippen LogP contribution in [0.25, 0.3) is 0 Å². The Kier molecular flexibility index (Phi) is 4.19. The first-order valence-electron chi connectivity index (χ1n) is 3.92. The first-order valence-corrected chi connectivity index (χ1v) is 4.71. The molecule has 0 atom stereocenters. The molecule has 0 unspecified atom stereocenters. The molecule has 1 rings (SSSR count). The van der Waals surface area contributed by atoms with E-state index in [-0.39, 0.29) is 6.61 Å². The molecule has 1 aromatic heterocycles. The zero-order valence-corrected chi connectivity index (χ0v) is 9.15. The lowest BCUT2D eigenvalue weighted by Gasteiger charge is -2.04. The summed E-state index contributed by atoms with van der Waals surface area (Å²) >= 11 is 3.10. The lowest BCUT2D eigenvalue weighted by atomic mass is 10.3. The highest BCUT2D eigenvalue weighted by Crippen LogP contribution is 2.11. The number of nitrogens with zero attached hydrogens (tertiary/aromatic N) is 1. The van der Waals surface area contributed by atoms with Crippen molar-refractivity contribution in [3.63, 3.8) is 0 Å². The fourth-order valence-corrected chi connectivity index (χ4v) is 1.21. The highest BCUT2D eigenvalue weighted by Gasteiger charge is 2.10. The van der Waals surface area contributed by atoms with Crippen molar-refractivity contribution in [1.82, 2.24) is 10.5 Å². The molecular weight excluding hydrogens is 266 g/mol. The molecule has 0 aromatic carbocycles. The van der Waals surface area contributed by atoms with Crippen LogP contribution in [-0.4, -0.2) is 23.4 Å². The van der Waals surface area contributed by atoms with Gasteiger partial charge in [0.15, 0.2) is 6.61 Å². The minimum absolute atomic E-state index is 0.307. The minimum Gasteiger partial charge on any atom is -0.368 e. The fourth-order valence-electron chi connectivity index (χ4n) is 0.783. The molecular formula is C8H8BrN3O3. The second-order valence-corrected chi connectivity index (χ2v) is 3.28. The van der Waals surface area contributed by atoms with Crippen molar-refractivity contribution in [3.05, 3.63) is 28.5 Å². The molecule has 0 saturated heterocycles. The number of pyridine rings is 1. The molecule has 0 bridgehead atoms. The summed E-state index contributed by atoms with van der Waals surface area (Å²) in [6.45, 7) is -0.371. The summed E-state index contributed by atoms with van der Waals surface area (Å²) in [6.07, 6.45) is 1.53. The summed E-state index contributed by atoms with van der Waals surface area (Å²) in [4.78, 5) is 30.1. The monoisotopic (exact) mass is 273 g/mol. The third-order valence-corrected chi connectivity index (χ3v) is 2.01. The number of rotatable bonds is 4. The van der Waals surface area contributed by atoms with Crippen LogP contribution in [0.4, 0.5) is 0 Å². The van der Waals surface area contributed by atoms with E-state index in [4.69, 9.17) is 5.73 Å². The molecule has 3 N–H and O–H groups in total. The first kappa shape index (κ1) is 11.6. The summed E-state index contributed by atoms with van der Waals surface area (Å²) in [5.74, 6) is -1.17. The summed E-state index contributed by atoms with van der Waals surface area (Å²) in [5, 5.41) is 0. The second kappa shape index (κ2) is 5.42. The van der Waals surface area contributed by atoms with E-state index < -0.39 is 11.8 Å². The van der Waals surface area contributed by atoms with Crippen molar-refractivity contribution in [2.75, 3.05) is 6.61 Å². The number of nitrogens with one attached hydrogen (secondary N) is 1. The van der Waals surface area contributed by atoms with Gasteiger partial charge in [0.25, 0.3) is 5.91 Å². The van der Waals surface area contributed by atoms with Crippen molar-refractivity contribution < 1.29 is 14.4 Å². The second-order valence-electron chi connectivity index (χ2n) is 2.53. The van der Waals surface area contributed by atoms with Crippen molar-refractivity contribution in [3.8, 4) is 0 Å². The maximum Gasteiger partial charge on any atom is 0.277 e. The van der Waals surface area contributed by atoms with Crippen molar-refractivity contribution in [1.29, 1.82) is 0 Å². The molecule has 0 aliphatic heterocycles. The molecule has 0 aliphatic carbocycles. The van der Waals surface area contributed by atoms with Gasteiger partial charge in [-0.25, -0.2) is 10.5 Å². The molecule has 0 spiro atoms. The summed E-state index contributed by atoms with van der Waals surface area (Å²) in [6, 6.07) is 3.16. The van der Waals surface area contributed by atoms with Gasteiger partial charge in [0.05, 0.1) is 5.56 Å². The Morgan fingerprint density at radius 3 is 2.93 bits per heavy atom. The highest BCUT2D eigenvalue weighted by molar-refractivity contribution is 9.10. The normalized spacial score (nSPS) is 9.67. The van der Waals surface area contributed by atoms with E-state index in [0.29, 0.717) is 10.2 Å². The molecule has 0 saturated carbocycles. The van der Waals surface area contributed by atoms with Crippen LogP contribution in [-0.2, 0) is 9.63 Å². The number of aromatic nitrogens is 1. The lowest BCUT2D eigenvalue weighted by molar-refractivity contribution is -0.124. The van der Waals surface area contributed by atoms with E-state index >= 15 is 0 Å². The van der Waals surface area contributed by atoms with E-state index in [1.54, 1.807) is 12.1 Å². The Morgan fingerprint density at radius 1 is 1.60 bits per heavy atom. The van der Waals surface area contributed by atoms with Crippen LogP contribution < -0.4 is 11.2 Å². The summed E-state index contributed by atoms with van der Waals surface area (Å²) in [7, 11) is 0. The maximum atomic E-state index is 11.4. The summed E-state index contributed by atoms with van der Waals surface area (Å²) < 4.78 is 0.394. The van der Waals surface area contributed by atoms with Gasteiger partial charge in [0.2, 0.25) is 5.91 Å². The van der Waals surface area contributed by atoms with Gasteiger partial charge < -0.3 is 5.73 Å². The number of amides is 2. The zero-order valence-electron chi connectivity index (χ0n) is 7.57. The van der Waals surface area contributed by atoms with Gasteiger partial charge in [0.1, 0.15) is 4.60 Å². The topological polar surface area (TPSA) is 94.3 Å². The number of hydroxylamine groups is 1. The Balaban J connectivity index is 2.54. The van der Waals surface area contributed by atoms with Crippen LogP contribution in [0.3, 0.4) is 0 Å². The third-order valence-electron chi connectivity index (χ3n) is 1.38. The third kappa shape index (κ3) is 3.64. The van der Waals surface area contributed by atoms with Crippen LogP contribution in [0.2, 0.25) is 0 Å². The Bertz CT molecular complexity index is 383. The smallest absolute Gasteiger partial charge is 0.277 e. The zero-order chi connectivity index (χ0) is 11.3. The number of carbonyl (C=O) groups is 2. The molecule has 80 valence electrons. The number of hydrogen-bond donors (Lipinski definition) is 2. The molecule has 1 aromatic rings. The summed E-state index contributed by atoms with van der Waals surface area (Å²) in [5.41, 5.74) is 7.18. The molecule has 0 aliphatic rings. The fraction of sp³-hybridized carbons (Fsp3) is 0.125. The Hall–Kier alpha value is -1.47. The van der Waals surface area contributed by atoms with Gasteiger partial charge in [0, 0.05) is 6.20 Å². The van der Waals surface area contributed by atoms with Crippen molar-refractivity contribution in [2.24, 2.45) is 5.73 Å². The average Bonchev–Trinajstić information content (AvgIpc) is 2.17. The van der Waals surface area contributed by atoms with E-state index in [1.165, 1.54) is 6.20 Å². The number of halogens is 1. The van der Waals surface area contributed by atoms with Gasteiger partial charge >= 0.3 is 0 Å². The number of nitrogens with two attached hydrogens (primary N) is 1. The molecule has 2 amide bonds. The van der Waals surface area contributed by atoms with E-state index in [1.807, 2.05) is 0 Å². The highest BCUT2D eigenvalue weighted by atomic mass is 79.9. The molecule has 7 heteroatoms. The van der Waals surface area contributed by atoms with Crippen molar-refractivity contribution >= 4 is 27.7 Å².